The Morgan fingerprint density at radius 2 is 1.90 bits per heavy atom. The van der Waals surface area contributed by atoms with Crippen molar-refractivity contribution in [1.29, 1.82) is 0 Å². The number of carbonyl (C=O) groups excluding carboxylic acids is 1. The molecule has 0 N–H and O–H groups in total. The van der Waals surface area contributed by atoms with Crippen molar-refractivity contribution in [3.8, 4) is 11.3 Å². The average Bonchev–Trinajstić information content (AvgIpc) is 3.29. The third-order valence-electron chi connectivity index (χ3n) is 4.06. The van der Waals surface area contributed by atoms with Crippen LogP contribution in [0.3, 0.4) is 0 Å². The largest absolute Gasteiger partial charge is 0.457 e. The molecule has 0 saturated heterocycles. The van der Waals surface area contributed by atoms with Crippen LogP contribution in [0.2, 0.25) is 5.02 Å². The molecule has 0 aliphatic carbocycles. The van der Waals surface area contributed by atoms with E-state index in [2.05, 4.69) is 4.99 Å². The first kappa shape index (κ1) is 18.6. The highest BCUT2D eigenvalue weighted by molar-refractivity contribution is 6.33. The van der Waals surface area contributed by atoms with Gasteiger partial charge in [-0.25, -0.2) is 14.2 Å². The van der Waals surface area contributed by atoms with E-state index in [1.807, 2.05) is 0 Å². The first-order chi connectivity index (χ1) is 13.9. The summed E-state index contributed by atoms with van der Waals surface area (Å²) < 4.78 is 24.5. The Morgan fingerprint density at radius 1 is 1.10 bits per heavy atom. The van der Waals surface area contributed by atoms with E-state index in [1.165, 1.54) is 42.5 Å². The van der Waals surface area contributed by atoms with E-state index in [0.29, 0.717) is 11.3 Å². The zero-order chi connectivity index (χ0) is 20.5. The quantitative estimate of drug-likeness (QED) is 0.260. The third kappa shape index (κ3) is 3.65. The van der Waals surface area contributed by atoms with Crippen molar-refractivity contribution < 1.29 is 23.3 Å². The maximum absolute atomic E-state index is 13.9. The van der Waals surface area contributed by atoms with Gasteiger partial charge in [0.05, 0.1) is 15.5 Å². The van der Waals surface area contributed by atoms with Gasteiger partial charge in [-0.15, -0.1) is 0 Å². The Morgan fingerprint density at radius 3 is 2.62 bits per heavy atom. The first-order valence-electron chi connectivity index (χ1n) is 8.24. The normalized spacial score (nSPS) is 14.8. The van der Waals surface area contributed by atoms with E-state index in [9.17, 15) is 19.3 Å². The number of cyclic esters (lactones) is 1. The van der Waals surface area contributed by atoms with Crippen LogP contribution >= 0.6 is 11.6 Å². The number of nitro groups is 1. The molecule has 1 aromatic heterocycles. The molecular weight excluding hydrogens is 403 g/mol. The van der Waals surface area contributed by atoms with Crippen molar-refractivity contribution in [2.24, 2.45) is 4.99 Å². The van der Waals surface area contributed by atoms with Crippen LogP contribution < -0.4 is 0 Å². The minimum Gasteiger partial charge on any atom is -0.457 e. The molecule has 4 rings (SSSR count). The number of nitrogens with zero attached hydrogens (tertiary/aromatic N) is 2. The first-order valence-corrected chi connectivity index (χ1v) is 8.62. The molecule has 0 bridgehead atoms. The standard InChI is InChI=1S/C20H10ClFN2O5/c21-15-9-11(24(26)27)5-7-13(15)18-8-6-12(28-18)10-17-20(25)29-19(23-17)14-3-1-2-4-16(14)22/h1-10H/b17-10+. The minimum atomic E-state index is -0.741. The Bertz CT molecular complexity index is 1220. The van der Waals surface area contributed by atoms with E-state index in [4.69, 9.17) is 20.8 Å². The van der Waals surface area contributed by atoms with Crippen molar-refractivity contribution in [3.63, 3.8) is 0 Å². The van der Waals surface area contributed by atoms with Crippen molar-refractivity contribution in [1.82, 2.24) is 0 Å². The number of benzene rings is 2. The smallest absolute Gasteiger partial charge is 0.363 e. The maximum atomic E-state index is 13.9. The van der Waals surface area contributed by atoms with Gasteiger partial charge < -0.3 is 9.15 Å². The van der Waals surface area contributed by atoms with Gasteiger partial charge in [0.25, 0.3) is 5.69 Å². The van der Waals surface area contributed by atoms with Crippen LogP contribution in [0.1, 0.15) is 11.3 Å². The number of rotatable bonds is 4. The summed E-state index contributed by atoms with van der Waals surface area (Å²) in [7, 11) is 0. The molecule has 0 unspecified atom stereocenters. The molecule has 0 fully saturated rings. The number of ether oxygens (including phenoxy) is 1. The molecule has 2 heterocycles. The number of hydrogen-bond donors (Lipinski definition) is 0. The second-order valence-corrected chi connectivity index (χ2v) is 6.35. The fraction of sp³-hybridized carbons (Fsp3) is 0. The highest BCUT2D eigenvalue weighted by Crippen LogP contribution is 2.33. The van der Waals surface area contributed by atoms with Crippen LogP contribution in [0, 0.1) is 15.9 Å². The van der Waals surface area contributed by atoms with Crippen molar-refractivity contribution in [2.45, 2.75) is 0 Å². The maximum Gasteiger partial charge on any atom is 0.363 e. The summed E-state index contributed by atoms with van der Waals surface area (Å²) in [6, 6.07) is 13.0. The van der Waals surface area contributed by atoms with E-state index in [0.717, 1.165) is 0 Å². The summed E-state index contributed by atoms with van der Waals surface area (Å²) in [4.78, 5) is 26.3. The number of nitro benzene ring substituents is 1. The average molecular weight is 413 g/mol. The molecule has 1 aliphatic heterocycles. The number of aliphatic imine (C=N–C) groups is 1. The minimum absolute atomic E-state index is 0.0565. The molecule has 144 valence electrons. The zero-order valence-electron chi connectivity index (χ0n) is 14.5. The van der Waals surface area contributed by atoms with Gasteiger partial charge in [-0.2, -0.15) is 0 Å². The zero-order valence-corrected chi connectivity index (χ0v) is 15.2. The molecule has 7 nitrogen and oxygen atoms in total. The molecule has 0 atom stereocenters. The molecule has 9 heteroatoms. The Kier molecular flexibility index (Phi) is 4.69. The Labute approximate surface area is 167 Å². The topological polar surface area (TPSA) is 94.9 Å². The predicted molar refractivity (Wildman–Crippen MR) is 103 cm³/mol. The summed E-state index contributed by atoms with van der Waals surface area (Å²) >= 11 is 6.10. The monoisotopic (exact) mass is 412 g/mol. The molecule has 1 aliphatic rings. The third-order valence-corrected chi connectivity index (χ3v) is 4.37. The second kappa shape index (κ2) is 7.33. The highest BCUT2D eigenvalue weighted by atomic mass is 35.5. The number of halogens is 2. The molecule has 0 amide bonds. The van der Waals surface area contributed by atoms with Crippen molar-refractivity contribution in [3.05, 3.63) is 92.6 Å². The van der Waals surface area contributed by atoms with Gasteiger partial charge in [0, 0.05) is 23.8 Å². The van der Waals surface area contributed by atoms with Crippen LogP contribution in [0.15, 0.2) is 69.7 Å². The molecule has 0 radical (unpaired) electrons. The Balaban J connectivity index is 1.64. The Hall–Kier alpha value is -3.78. The molecule has 0 spiro atoms. The van der Waals surface area contributed by atoms with Gasteiger partial charge in [0.15, 0.2) is 5.70 Å². The molecular formula is C20H10ClFN2O5. The van der Waals surface area contributed by atoms with E-state index >= 15 is 0 Å². The second-order valence-electron chi connectivity index (χ2n) is 5.94. The number of esters is 1. The van der Waals surface area contributed by atoms with Crippen molar-refractivity contribution in [2.75, 3.05) is 0 Å². The SMILES string of the molecule is O=C1OC(c2ccccc2F)=N/C1=C/c1ccc(-c2ccc([N+](=O)[O-])cc2Cl)o1. The summed E-state index contributed by atoms with van der Waals surface area (Å²) in [5, 5.41) is 11.0. The molecule has 2 aromatic carbocycles. The van der Waals surface area contributed by atoms with Gasteiger partial charge in [0.1, 0.15) is 17.3 Å². The van der Waals surface area contributed by atoms with E-state index in [1.54, 1.807) is 18.2 Å². The number of non-ortho nitro benzene ring substituents is 1. The van der Waals surface area contributed by atoms with Crippen LogP contribution in [0.5, 0.6) is 0 Å². The lowest BCUT2D eigenvalue weighted by molar-refractivity contribution is -0.384. The lowest BCUT2D eigenvalue weighted by atomic mass is 10.1. The highest BCUT2D eigenvalue weighted by Gasteiger charge is 2.26. The number of furan rings is 1. The summed E-state index contributed by atoms with van der Waals surface area (Å²) in [5.41, 5.74) is 0.323. The van der Waals surface area contributed by atoms with Gasteiger partial charge in [-0.05, 0) is 30.3 Å². The van der Waals surface area contributed by atoms with E-state index < -0.39 is 16.7 Å². The van der Waals surface area contributed by atoms with Gasteiger partial charge in [-0.1, -0.05) is 23.7 Å². The summed E-state index contributed by atoms with van der Waals surface area (Å²) in [5.74, 6) is -0.811. The molecule has 3 aromatic rings. The van der Waals surface area contributed by atoms with E-state index in [-0.39, 0.29) is 33.6 Å². The number of carbonyl (C=O) groups is 1. The van der Waals surface area contributed by atoms with Gasteiger partial charge >= 0.3 is 5.97 Å². The molecule has 0 saturated carbocycles. The molecule has 29 heavy (non-hydrogen) atoms. The van der Waals surface area contributed by atoms with Crippen molar-refractivity contribution >= 4 is 35.2 Å². The summed E-state index contributed by atoms with van der Waals surface area (Å²) in [6.45, 7) is 0. The predicted octanol–water partition coefficient (Wildman–Crippen LogP) is 4.99. The van der Waals surface area contributed by atoms with Crippen LogP contribution in [0.25, 0.3) is 17.4 Å². The number of hydrogen-bond acceptors (Lipinski definition) is 6. The van der Waals surface area contributed by atoms with Crippen LogP contribution in [-0.4, -0.2) is 16.8 Å². The lowest BCUT2D eigenvalue weighted by Gasteiger charge is -2.00. The summed E-state index contributed by atoms with van der Waals surface area (Å²) in [6.07, 6.45) is 1.35. The fourth-order valence-electron chi connectivity index (χ4n) is 2.69. The van der Waals surface area contributed by atoms with Gasteiger partial charge in [0.2, 0.25) is 5.90 Å². The lowest BCUT2D eigenvalue weighted by Crippen LogP contribution is -2.07. The van der Waals surface area contributed by atoms with Crippen LogP contribution in [-0.2, 0) is 9.53 Å². The fourth-order valence-corrected chi connectivity index (χ4v) is 2.95. The van der Waals surface area contributed by atoms with Crippen LogP contribution in [0.4, 0.5) is 10.1 Å². The van der Waals surface area contributed by atoms with Gasteiger partial charge in [-0.3, -0.25) is 10.1 Å².